The topological polar surface area (TPSA) is 152 Å². The number of ether oxygens (including phenoxy) is 1. The van der Waals surface area contributed by atoms with Crippen LogP contribution >= 0.6 is 0 Å². The Bertz CT molecular complexity index is 882. The SMILES string of the molecule is COC(=O)C1=NN(N=O)[C@@]2(CC(=O)N(c3cccc([N+](=O)[O-])c3)C2=O)C1. The van der Waals surface area contributed by atoms with Crippen LogP contribution in [0.2, 0.25) is 0 Å². The molecule has 3 rings (SSSR count). The molecule has 134 valence electrons. The van der Waals surface area contributed by atoms with Crippen molar-refractivity contribution in [2.75, 3.05) is 12.0 Å². The van der Waals surface area contributed by atoms with E-state index in [9.17, 15) is 29.4 Å². The maximum Gasteiger partial charge on any atom is 0.354 e. The van der Waals surface area contributed by atoms with Gasteiger partial charge in [-0.3, -0.25) is 19.7 Å². The fourth-order valence-electron chi connectivity index (χ4n) is 2.95. The molecule has 26 heavy (non-hydrogen) atoms. The van der Waals surface area contributed by atoms with Gasteiger partial charge in [-0.05, 0) is 6.07 Å². The Balaban J connectivity index is 1.99. The lowest BCUT2D eigenvalue weighted by molar-refractivity contribution is -0.384. The molecule has 0 radical (unpaired) electrons. The number of nitrogens with zero attached hydrogens (tertiary/aromatic N) is 5. The van der Waals surface area contributed by atoms with Crippen molar-refractivity contribution in [1.82, 2.24) is 5.12 Å². The summed E-state index contributed by atoms with van der Waals surface area (Å²) >= 11 is 0. The predicted molar refractivity (Wildman–Crippen MR) is 84.6 cm³/mol. The lowest BCUT2D eigenvalue weighted by Crippen LogP contribution is -2.48. The number of nitroso groups, excluding NO2 is 1. The maximum atomic E-state index is 12.9. The molecule has 2 heterocycles. The van der Waals surface area contributed by atoms with Gasteiger partial charge in [0.25, 0.3) is 11.6 Å². The van der Waals surface area contributed by atoms with Gasteiger partial charge in [0.15, 0.2) is 11.3 Å². The average molecular weight is 361 g/mol. The summed E-state index contributed by atoms with van der Waals surface area (Å²) in [5.41, 5.74) is -2.35. The summed E-state index contributed by atoms with van der Waals surface area (Å²) in [6, 6.07) is 4.93. The van der Waals surface area contributed by atoms with E-state index >= 15 is 0 Å². The van der Waals surface area contributed by atoms with E-state index in [1.807, 2.05) is 0 Å². The van der Waals surface area contributed by atoms with Crippen molar-refractivity contribution in [2.24, 2.45) is 10.4 Å². The summed E-state index contributed by atoms with van der Waals surface area (Å²) < 4.78 is 4.52. The van der Waals surface area contributed by atoms with Gasteiger partial charge < -0.3 is 4.74 Å². The number of benzene rings is 1. The van der Waals surface area contributed by atoms with Crippen LogP contribution in [0, 0.1) is 15.0 Å². The highest BCUT2D eigenvalue weighted by Crippen LogP contribution is 2.41. The van der Waals surface area contributed by atoms with Crippen LogP contribution in [0.1, 0.15) is 12.8 Å². The van der Waals surface area contributed by atoms with Crippen LogP contribution < -0.4 is 4.90 Å². The normalized spacial score (nSPS) is 22.0. The van der Waals surface area contributed by atoms with Crippen molar-refractivity contribution in [3.8, 4) is 0 Å². The van der Waals surface area contributed by atoms with Gasteiger partial charge in [-0.15, -0.1) is 15.1 Å². The first-order chi connectivity index (χ1) is 12.3. The standard InChI is InChI=1S/C14H11N5O7/c1-26-12(21)10-6-14(19(15-10)16-23)7-11(20)17(13(14)22)8-3-2-4-9(5-8)18(24)25/h2-5H,6-7H2,1H3/t14-/m1/s1. The number of imide groups is 1. The maximum absolute atomic E-state index is 12.9. The predicted octanol–water partition coefficient (Wildman–Crippen LogP) is 0.513. The zero-order chi connectivity index (χ0) is 19.1. The van der Waals surface area contributed by atoms with E-state index in [-0.39, 0.29) is 23.5 Å². The Labute approximate surface area is 145 Å². The Morgan fingerprint density at radius 1 is 1.38 bits per heavy atom. The molecule has 1 spiro atoms. The number of nitro groups is 1. The van der Waals surface area contributed by atoms with Crippen LogP contribution in [-0.2, 0) is 19.1 Å². The molecule has 1 aromatic carbocycles. The Morgan fingerprint density at radius 3 is 2.73 bits per heavy atom. The number of esters is 1. The molecule has 12 heteroatoms. The molecule has 1 aromatic rings. The van der Waals surface area contributed by atoms with Crippen molar-refractivity contribution in [3.63, 3.8) is 0 Å². The van der Waals surface area contributed by atoms with Gasteiger partial charge >= 0.3 is 5.97 Å². The number of carbonyl (C=O) groups is 3. The molecule has 0 bridgehead atoms. The second-order valence-electron chi connectivity index (χ2n) is 5.61. The zero-order valence-corrected chi connectivity index (χ0v) is 13.3. The Kier molecular flexibility index (Phi) is 3.94. The van der Waals surface area contributed by atoms with E-state index in [2.05, 4.69) is 15.1 Å². The number of non-ortho nitro benzene ring substituents is 1. The molecule has 0 unspecified atom stereocenters. The van der Waals surface area contributed by atoms with E-state index in [4.69, 9.17) is 0 Å². The third-order valence-electron chi connectivity index (χ3n) is 4.15. The minimum atomic E-state index is -1.78. The molecular weight excluding hydrogens is 350 g/mol. The number of anilines is 1. The minimum absolute atomic E-state index is 0.0246. The Hall–Kier alpha value is -3.70. The number of amides is 2. The number of hydrogen-bond acceptors (Lipinski definition) is 9. The van der Waals surface area contributed by atoms with Crippen LogP contribution in [0.25, 0.3) is 0 Å². The molecule has 1 fully saturated rings. The molecular formula is C14H11N5O7. The van der Waals surface area contributed by atoms with Gasteiger partial charge in [-0.1, -0.05) is 6.07 Å². The summed E-state index contributed by atoms with van der Waals surface area (Å²) in [5.74, 6) is -2.42. The van der Waals surface area contributed by atoms with E-state index < -0.39 is 34.7 Å². The highest BCUT2D eigenvalue weighted by atomic mass is 16.6. The number of hydrazone groups is 1. The van der Waals surface area contributed by atoms with E-state index in [0.29, 0.717) is 5.12 Å². The molecule has 2 aliphatic heterocycles. The number of methoxy groups -OCH3 is 1. The summed E-state index contributed by atoms with van der Waals surface area (Å²) in [6.07, 6.45) is -0.814. The van der Waals surface area contributed by atoms with Crippen molar-refractivity contribution < 1.29 is 24.0 Å². The van der Waals surface area contributed by atoms with Gasteiger partial charge in [0.1, 0.15) is 0 Å². The van der Waals surface area contributed by atoms with Gasteiger partial charge in [0.05, 0.1) is 29.4 Å². The third kappa shape index (κ3) is 2.39. The first kappa shape index (κ1) is 17.1. The monoisotopic (exact) mass is 361 g/mol. The first-order valence-electron chi connectivity index (χ1n) is 7.25. The number of carbonyl (C=O) groups excluding carboxylic acids is 3. The largest absolute Gasteiger partial charge is 0.464 e. The van der Waals surface area contributed by atoms with Gasteiger partial charge in [-0.2, -0.15) is 0 Å². The fourth-order valence-corrected chi connectivity index (χ4v) is 2.95. The highest BCUT2D eigenvalue weighted by Gasteiger charge is 2.61. The number of nitro benzene ring substituents is 1. The fraction of sp³-hybridized carbons (Fsp3) is 0.286. The lowest BCUT2D eigenvalue weighted by atomic mass is 9.92. The smallest absolute Gasteiger partial charge is 0.354 e. The second kappa shape index (κ2) is 5.98. The van der Waals surface area contributed by atoms with Gasteiger partial charge in [0.2, 0.25) is 5.91 Å². The highest BCUT2D eigenvalue weighted by molar-refractivity contribution is 6.39. The molecule has 0 N–H and O–H groups in total. The van der Waals surface area contributed by atoms with Crippen LogP contribution in [-0.4, -0.2) is 46.2 Å². The third-order valence-corrected chi connectivity index (χ3v) is 4.15. The van der Waals surface area contributed by atoms with E-state index in [1.54, 1.807) is 0 Å². The second-order valence-corrected chi connectivity index (χ2v) is 5.61. The molecule has 2 amide bonds. The molecule has 12 nitrogen and oxygen atoms in total. The summed E-state index contributed by atoms with van der Waals surface area (Å²) in [7, 11) is 1.10. The van der Waals surface area contributed by atoms with Crippen molar-refractivity contribution in [2.45, 2.75) is 18.4 Å². The number of rotatable bonds is 4. The quantitative estimate of drug-likeness (QED) is 0.247. The van der Waals surface area contributed by atoms with E-state index in [0.717, 1.165) is 18.1 Å². The molecule has 0 aromatic heterocycles. The Morgan fingerprint density at radius 2 is 2.12 bits per heavy atom. The van der Waals surface area contributed by atoms with Gasteiger partial charge in [-0.25, -0.2) is 9.69 Å². The summed E-state index contributed by atoms with van der Waals surface area (Å²) in [4.78, 5) is 59.1. The van der Waals surface area contributed by atoms with Gasteiger partial charge in [0, 0.05) is 18.6 Å². The van der Waals surface area contributed by atoms with Crippen molar-refractivity contribution >= 4 is 34.9 Å². The van der Waals surface area contributed by atoms with Crippen molar-refractivity contribution in [1.29, 1.82) is 0 Å². The zero-order valence-electron chi connectivity index (χ0n) is 13.3. The van der Waals surface area contributed by atoms with Crippen LogP contribution in [0.3, 0.4) is 0 Å². The molecule has 0 saturated carbocycles. The van der Waals surface area contributed by atoms with Crippen LogP contribution in [0.4, 0.5) is 11.4 Å². The van der Waals surface area contributed by atoms with Crippen molar-refractivity contribution in [3.05, 3.63) is 39.3 Å². The van der Waals surface area contributed by atoms with Crippen LogP contribution in [0.15, 0.2) is 34.7 Å². The molecule has 2 aliphatic rings. The minimum Gasteiger partial charge on any atom is -0.464 e. The van der Waals surface area contributed by atoms with E-state index in [1.165, 1.54) is 18.2 Å². The molecule has 0 aliphatic carbocycles. The summed E-state index contributed by atoms with van der Waals surface area (Å²) in [6.45, 7) is 0. The average Bonchev–Trinajstić information content (AvgIpc) is 3.12. The first-order valence-corrected chi connectivity index (χ1v) is 7.25. The number of hydrogen-bond donors (Lipinski definition) is 0. The van der Waals surface area contributed by atoms with Crippen LogP contribution in [0.5, 0.6) is 0 Å². The lowest BCUT2D eigenvalue weighted by Gasteiger charge is -2.24. The molecule has 1 saturated heterocycles. The summed E-state index contributed by atoms with van der Waals surface area (Å²) in [5, 5.41) is 17.7. The molecule has 1 atom stereocenters.